The standard InChI is InChI=1S/C20H19F3N2O4S/c1-3-29-19(26)17-18(14-6-8-15(9-7-14)20(21,22)23)25(12-24-17)30(27,28)16-10-4-13(2)5-11-16/h4-12,17-18H,3H2,1-2H3/t17-,18-/m1/s1. The summed E-state index contributed by atoms with van der Waals surface area (Å²) >= 11 is 0. The van der Waals surface area contributed by atoms with Crippen LogP contribution < -0.4 is 0 Å². The fourth-order valence-corrected chi connectivity index (χ4v) is 4.53. The van der Waals surface area contributed by atoms with Crippen LogP contribution in [0.3, 0.4) is 0 Å². The number of sulfonamides is 1. The number of benzene rings is 2. The van der Waals surface area contributed by atoms with Crippen molar-refractivity contribution in [1.82, 2.24) is 4.31 Å². The summed E-state index contributed by atoms with van der Waals surface area (Å²) < 4.78 is 71.0. The van der Waals surface area contributed by atoms with Crippen LogP contribution in [0.25, 0.3) is 0 Å². The zero-order chi connectivity index (χ0) is 22.1. The zero-order valence-corrected chi connectivity index (χ0v) is 16.9. The molecular formula is C20H19F3N2O4S. The van der Waals surface area contributed by atoms with Gasteiger partial charge in [0.05, 0.1) is 17.1 Å². The molecule has 0 unspecified atom stereocenters. The summed E-state index contributed by atoms with van der Waals surface area (Å²) in [5.41, 5.74) is 0.160. The molecule has 3 rings (SSSR count). The fraction of sp³-hybridized carbons (Fsp3) is 0.300. The second-order valence-electron chi connectivity index (χ2n) is 6.67. The van der Waals surface area contributed by atoms with Gasteiger partial charge in [0, 0.05) is 0 Å². The molecule has 30 heavy (non-hydrogen) atoms. The first-order valence-electron chi connectivity index (χ1n) is 9.03. The molecule has 1 aliphatic rings. The number of aliphatic imine (C=N–C) groups is 1. The van der Waals surface area contributed by atoms with Crippen molar-refractivity contribution < 1.29 is 31.1 Å². The summed E-state index contributed by atoms with van der Waals surface area (Å²) in [6, 6.07) is 7.64. The van der Waals surface area contributed by atoms with Gasteiger partial charge in [-0.1, -0.05) is 29.8 Å². The minimum Gasteiger partial charge on any atom is -0.464 e. The van der Waals surface area contributed by atoms with Gasteiger partial charge in [0.2, 0.25) is 0 Å². The molecule has 0 spiro atoms. The largest absolute Gasteiger partial charge is 0.464 e. The number of ether oxygens (including phenoxy) is 1. The van der Waals surface area contributed by atoms with Crippen molar-refractivity contribution in [3.63, 3.8) is 0 Å². The summed E-state index contributed by atoms with van der Waals surface area (Å²) in [6.45, 7) is 3.44. The van der Waals surface area contributed by atoms with Gasteiger partial charge in [0.25, 0.3) is 10.0 Å². The smallest absolute Gasteiger partial charge is 0.416 e. The van der Waals surface area contributed by atoms with Crippen LogP contribution >= 0.6 is 0 Å². The van der Waals surface area contributed by atoms with Gasteiger partial charge < -0.3 is 4.74 Å². The maximum Gasteiger partial charge on any atom is 0.416 e. The molecule has 0 saturated heterocycles. The third-order valence-electron chi connectivity index (χ3n) is 4.62. The van der Waals surface area contributed by atoms with Crippen molar-refractivity contribution in [1.29, 1.82) is 0 Å². The normalized spacial score (nSPS) is 19.2. The van der Waals surface area contributed by atoms with E-state index in [0.29, 0.717) is 0 Å². The maximum absolute atomic E-state index is 13.2. The van der Waals surface area contributed by atoms with E-state index >= 15 is 0 Å². The Morgan fingerprint density at radius 3 is 2.23 bits per heavy atom. The van der Waals surface area contributed by atoms with E-state index in [0.717, 1.165) is 40.5 Å². The summed E-state index contributed by atoms with van der Waals surface area (Å²) in [5, 5.41) is 0. The van der Waals surface area contributed by atoms with Gasteiger partial charge in [-0.3, -0.25) is 4.99 Å². The average molecular weight is 440 g/mol. The first-order chi connectivity index (χ1) is 14.1. The molecule has 2 aromatic rings. The molecule has 1 aliphatic heterocycles. The molecule has 2 atom stereocenters. The predicted octanol–water partition coefficient (Wildman–Crippen LogP) is 3.72. The van der Waals surface area contributed by atoms with Gasteiger partial charge in [0.15, 0.2) is 6.04 Å². The van der Waals surface area contributed by atoms with Crippen LogP contribution in [-0.4, -0.2) is 37.7 Å². The minimum atomic E-state index is -4.54. The number of nitrogens with zero attached hydrogens (tertiary/aromatic N) is 2. The second-order valence-corrected chi connectivity index (χ2v) is 8.52. The van der Waals surface area contributed by atoms with Crippen LogP contribution in [0.4, 0.5) is 13.2 Å². The summed E-state index contributed by atoms with van der Waals surface area (Å²) in [7, 11) is -4.12. The molecule has 0 fully saturated rings. The number of alkyl halides is 3. The Balaban J connectivity index is 2.05. The number of hydrogen-bond acceptors (Lipinski definition) is 5. The number of halogens is 3. The highest BCUT2D eigenvalue weighted by atomic mass is 32.2. The maximum atomic E-state index is 13.2. The van der Waals surface area contributed by atoms with E-state index < -0.39 is 39.8 Å². The Morgan fingerprint density at radius 2 is 1.70 bits per heavy atom. The van der Waals surface area contributed by atoms with Gasteiger partial charge in [-0.25, -0.2) is 17.5 Å². The lowest BCUT2D eigenvalue weighted by atomic mass is 9.99. The van der Waals surface area contributed by atoms with E-state index in [-0.39, 0.29) is 17.1 Å². The summed E-state index contributed by atoms with van der Waals surface area (Å²) in [6.07, 6.45) is -3.53. The fourth-order valence-electron chi connectivity index (χ4n) is 3.09. The molecule has 0 bridgehead atoms. The van der Waals surface area contributed by atoms with Crippen LogP contribution in [-0.2, 0) is 25.7 Å². The average Bonchev–Trinajstić information content (AvgIpc) is 3.14. The lowest BCUT2D eigenvalue weighted by Gasteiger charge is -2.27. The predicted molar refractivity (Wildman–Crippen MR) is 103 cm³/mol. The van der Waals surface area contributed by atoms with Crippen molar-refractivity contribution in [2.45, 2.75) is 37.0 Å². The van der Waals surface area contributed by atoms with E-state index in [1.54, 1.807) is 26.0 Å². The lowest BCUT2D eigenvalue weighted by Crippen LogP contribution is -2.37. The zero-order valence-electron chi connectivity index (χ0n) is 16.1. The summed E-state index contributed by atoms with van der Waals surface area (Å²) in [5.74, 6) is -0.764. The van der Waals surface area contributed by atoms with Crippen molar-refractivity contribution in [2.24, 2.45) is 4.99 Å². The number of carbonyl (C=O) groups excluding carboxylic acids is 1. The molecule has 0 aliphatic carbocycles. The SMILES string of the molecule is CCOC(=O)[C@@H]1N=CN(S(=O)(=O)c2ccc(C)cc2)[C@@H]1c1ccc(C(F)(F)F)cc1. The third-order valence-corrected chi connectivity index (χ3v) is 6.36. The Bertz CT molecular complexity index is 1050. The van der Waals surface area contributed by atoms with Crippen molar-refractivity contribution in [3.05, 3.63) is 65.2 Å². The lowest BCUT2D eigenvalue weighted by molar-refractivity contribution is -0.145. The Kier molecular flexibility index (Phi) is 5.89. The molecule has 0 saturated carbocycles. The number of carbonyl (C=O) groups is 1. The van der Waals surface area contributed by atoms with Crippen LogP contribution in [0, 0.1) is 6.92 Å². The summed E-state index contributed by atoms with van der Waals surface area (Å²) in [4.78, 5) is 16.3. The molecule has 1 heterocycles. The van der Waals surface area contributed by atoms with Gasteiger partial charge in [0.1, 0.15) is 12.4 Å². The molecule has 2 aromatic carbocycles. The van der Waals surface area contributed by atoms with E-state index in [1.165, 1.54) is 12.1 Å². The Hall–Kier alpha value is -2.88. The number of aryl methyl sites for hydroxylation is 1. The van der Waals surface area contributed by atoms with Crippen molar-refractivity contribution in [2.75, 3.05) is 6.61 Å². The number of hydrogen-bond donors (Lipinski definition) is 0. The van der Waals surface area contributed by atoms with Crippen LogP contribution in [0.5, 0.6) is 0 Å². The number of esters is 1. The molecule has 0 radical (unpaired) electrons. The van der Waals surface area contributed by atoms with E-state index in [9.17, 15) is 26.4 Å². The molecule has 10 heteroatoms. The van der Waals surface area contributed by atoms with Gasteiger partial charge >= 0.3 is 12.1 Å². The minimum absolute atomic E-state index is 0.0269. The molecular weight excluding hydrogens is 421 g/mol. The highest BCUT2D eigenvalue weighted by molar-refractivity contribution is 7.89. The van der Waals surface area contributed by atoms with Crippen molar-refractivity contribution >= 4 is 22.3 Å². The van der Waals surface area contributed by atoms with Gasteiger partial charge in [-0.15, -0.1) is 0 Å². The van der Waals surface area contributed by atoms with Crippen LogP contribution in [0.1, 0.15) is 29.7 Å². The molecule has 0 amide bonds. The Morgan fingerprint density at radius 1 is 1.10 bits per heavy atom. The first kappa shape index (κ1) is 21.8. The first-order valence-corrected chi connectivity index (χ1v) is 10.5. The molecule has 6 nitrogen and oxygen atoms in total. The van der Waals surface area contributed by atoms with Gasteiger partial charge in [-0.05, 0) is 43.7 Å². The van der Waals surface area contributed by atoms with E-state index in [2.05, 4.69) is 4.99 Å². The highest BCUT2D eigenvalue weighted by Gasteiger charge is 2.44. The highest BCUT2D eigenvalue weighted by Crippen LogP contribution is 2.37. The van der Waals surface area contributed by atoms with E-state index in [1.807, 2.05) is 0 Å². The van der Waals surface area contributed by atoms with Crippen LogP contribution in [0.2, 0.25) is 0 Å². The van der Waals surface area contributed by atoms with Crippen LogP contribution in [0.15, 0.2) is 58.4 Å². The monoisotopic (exact) mass is 440 g/mol. The molecule has 160 valence electrons. The molecule has 0 aromatic heterocycles. The van der Waals surface area contributed by atoms with E-state index in [4.69, 9.17) is 4.74 Å². The Labute approximate surface area is 172 Å². The third kappa shape index (κ3) is 4.18. The van der Waals surface area contributed by atoms with Gasteiger partial charge in [-0.2, -0.15) is 13.2 Å². The number of rotatable bonds is 5. The quantitative estimate of drug-likeness (QED) is 0.664. The second kappa shape index (κ2) is 8.10. The topological polar surface area (TPSA) is 76.0 Å². The molecule has 0 N–H and O–H groups in total. The van der Waals surface area contributed by atoms with Crippen molar-refractivity contribution in [3.8, 4) is 0 Å².